The molecule has 19 heavy (non-hydrogen) atoms. The lowest BCUT2D eigenvalue weighted by molar-refractivity contribution is 0.112. The molecule has 0 unspecified atom stereocenters. The fourth-order valence-electron chi connectivity index (χ4n) is 1.54. The van der Waals surface area contributed by atoms with Gasteiger partial charge in [0.2, 0.25) is 0 Å². The van der Waals surface area contributed by atoms with Crippen LogP contribution >= 0.6 is 0 Å². The molecule has 0 aliphatic rings. The molecular weight excluding hydrogens is 256 g/mol. The van der Waals surface area contributed by atoms with Crippen LogP contribution < -0.4 is 0 Å². The number of rotatable bonds is 4. The number of phenolic OH excluding ortho intramolecular Hbond substituents is 1. The molecule has 106 valence electrons. The second-order valence-electron chi connectivity index (χ2n) is 6.52. The van der Waals surface area contributed by atoms with Crippen LogP contribution in [0.15, 0.2) is 12.1 Å². The molecular formula is C15H24O3Si. The van der Waals surface area contributed by atoms with Crippen molar-refractivity contribution in [2.24, 2.45) is 0 Å². The van der Waals surface area contributed by atoms with Gasteiger partial charge in [0.05, 0.1) is 12.2 Å². The first-order chi connectivity index (χ1) is 8.58. The summed E-state index contributed by atoms with van der Waals surface area (Å²) in [5, 5.41) is 9.88. The van der Waals surface area contributed by atoms with Crippen LogP contribution in [0.4, 0.5) is 0 Å². The van der Waals surface area contributed by atoms with E-state index in [0.717, 1.165) is 5.56 Å². The van der Waals surface area contributed by atoms with E-state index in [4.69, 9.17) is 4.43 Å². The minimum Gasteiger partial charge on any atom is -0.507 e. The van der Waals surface area contributed by atoms with E-state index in [-0.39, 0.29) is 10.8 Å². The molecule has 0 aliphatic heterocycles. The molecule has 0 aliphatic carbocycles. The Bertz CT molecular complexity index is 473. The van der Waals surface area contributed by atoms with Crippen molar-refractivity contribution in [3.8, 4) is 5.75 Å². The molecule has 3 nitrogen and oxygen atoms in total. The summed E-state index contributed by atoms with van der Waals surface area (Å²) in [6.07, 6.45) is 0.679. The number of aldehydes is 1. The summed E-state index contributed by atoms with van der Waals surface area (Å²) < 4.78 is 6.12. The molecule has 4 heteroatoms. The van der Waals surface area contributed by atoms with Gasteiger partial charge in [0, 0.05) is 0 Å². The first-order valence-corrected chi connectivity index (χ1v) is 9.41. The van der Waals surface area contributed by atoms with Crippen molar-refractivity contribution in [1.29, 1.82) is 0 Å². The minimum atomic E-state index is -1.80. The summed E-state index contributed by atoms with van der Waals surface area (Å²) >= 11 is 0. The average Bonchev–Trinajstić information content (AvgIpc) is 2.29. The van der Waals surface area contributed by atoms with Gasteiger partial charge in [-0.2, -0.15) is 0 Å². The maximum atomic E-state index is 10.9. The molecule has 0 spiro atoms. The predicted molar refractivity (Wildman–Crippen MR) is 80.2 cm³/mol. The van der Waals surface area contributed by atoms with Crippen LogP contribution in [0.25, 0.3) is 0 Å². The number of aryl methyl sites for hydroxylation is 1. The van der Waals surface area contributed by atoms with Crippen molar-refractivity contribution < 1.29 is 14.3 Å². The van der Waals surface area contributed by atoms with Crippen LogP contribution in [0.5, 0.6) is 5.75 Å². The molecule has 0 atom stereocenters. The third kappa shape index (κ3) is 3.67. The van der Waals surface area contributed by atoms with Gasteiger partial charge >= 0.3 is 0 Å². The quantitative estimate of drug-likeness (QED) is 0.669. The standard InChI is InChI=1S/C15H24O3Si/c1-11-7-12(8-13(9-16)14(11)17)10-18-19(5,6)15(2,3)4/h7-9,17H,10H2,1-6H3. The minimum absolute atomic E-state index is 0.0612. The summed E-state index contributed by atoms with van der Waals surface area (Å²) in [5.74, 6) is 0.0612. The Morgan fingerprint density at radius 3 is 2.37 bits per heavy atom. The highest BCUT2D eigenvalue weighted by Gasteiger charge is 2.37. The number of aromatic hydroxyl groups is 1. The largest absolute Gasteiger partial charge is 0.507 e. The molecule has 1 aromatic rings. The highest BCUT2D eigenvalue weighted by Crippen LogP contribution is 2.37. The van der Waals surface area contributed by atoms with Crippen LogP contribution in [0.3, 0.4) is 0 Å². The molecule has 1 N–H and O–H groups in total. The Kier molecular flexibility index (Phi) is 4.58. The molecule has 0 heterocycles. The Morgan fingerprint density at radius 1 is 1.32 bits per heavy atom. The number of hydrogen-bond acceptors (Lipinski definition) is 3. The summed E-state index contributed by atoms with van der Waals surface area (Å²) in [6, 6.07) is 3.57. The monoisotopic (exact) mass is 280 g/mol. The van der Waals surface area contributed by atoms with E-state index in [1.807, 2.05) is 6.07 Å². The Hall–Kier alpha value is -1.13. The van der Waals surface area contributed by atoms with Crippen molar-refractivity contribution in [1.82, 2.24) is 0 Å². The van der Waals surface area contributed by atoms with Gasteiger partial charge in [0.1, 0.15) is 5.75 Å². The zero-order chi connectivity index (χ0) is 14.8. The second-order valence-corrected chi connectivity index (χ2v) is 11.3. The van der Waals surface area contributed by atoms with Gasteiger partial charge in [-0.15, -0.1) is 0 Å². The van der Waals surface area contributed by atoms with Gasteiger partial charge in [-0.3, -0.25) is 4.79 Å². The normalized spacial score (nSPS) is 12.5. The van der Waals surface area contributed by atoms with Crippen LogP contribution in [-0.2, 0) is 11.0 Å². The summed E-state index contributed by atoms with van der Waals surface area (Å²) in [5.41, 5.74) is 1.97. The third-order valence-corrected chi connectivity index (χ3v) is 8.40. The molecule has 1 aromatic carbocycles. The first-order valence-electron chi connectivity index (χ1n) is 6.50. The molecule has 0 aromatic heterocycles. The summed E-state index contributed by atoms with van der Waals surface area (Å²) in [4.78, 5) is 10.9. The molecule has 0 fully saturated rings. The van der Waals surface area contributed by atoms with E-state index < -0.39 is 8.32 Å². The SMILES string of the molecule is Cc1cc(CO[Si](C)(C)C(C)(C)C)cc(C=O)c1O. The van der Waals surface area contributed by atoms with Gasteiger partial charge in [-0.1, -0.05) is 26.8 Å². The maximum Gasteiger partial charge on any atom is 0.192 e. The van der Waals surface area contributed by atoms with Gasteiger partial charge in [0.15, 0.2) is 14.6 Å². The van der Waals surface area contributed by atoms with E-state index in [0.29, 0.717) is 24.0 Å². The van der Waals surface area contributed by atoms with E-state index in [2.05, 4.69) is 33.9 Å². The predicted octanol–water partition coefficient (Wildman–Crippen LogP) is 4.03. The van der Waals surface area contributed by atoms with Crippen molar-refractivity contribution in [3.63, 3.8) is 0 Å². The molecule has 0 bridgehead atoms. The molecule has 0 saturated heterocycles. The third-order valence-electron chi connectivity index (χ3n) is 3.92. The molecule has 0 saturated carbocycles. The number of hydrogen-bond donors (Lipinski definition) is 1. The van der Waals surface area contributed by atoms with E-state index >= 15 is 0 Å². The molecule has 0 radical (unpaired) electrons. The van der Waals surface area contributed by atoms with E-state index in [1.54, 1.807) is 13.0 Å². The number of carbonyl (C=O) groups is 1. The Balaban J connectivity index is 2.91. The Morgan fingerprint density at radius 2 is 1.89 bits per heavy atom. The van der Waals surface area contributed by atoms with Crippen LogP contribution in [-0.4, -0.2) is 19.7 Å². The second kappa shape index (κ2) is 5.47. The van der Waals surface area contributed by atoms with E-state index in [1.165, 1.54) is 0 Å². The highest BCUT2D eigenvalue weighted by atomic mass is 28.4. The first kappa shape index (κ1) is 15.9. The lowest BCUT2D eigenvalue weighted by Gasteiger charge is -2.36. The topological polar surface area (TPSA) is 46.5 Å². The van der Waals surface area contributed by atoms with Crippen molar-refractivity contribution in [3.05, 3.63) is 28.8 Å². The van der Waals surface area contributed by atoms with Gasteiger partial charge in [0.25, 0.3) is 0 Å². The van der Waals surface area contributed by atoms with Gasteiger partial charge in [-0.05, 0) is 42.2 Å². The van der Waals surface area contributed by atoms with Crippen LogP contribution in [0, 0.1) is 6.92 Å². The summed E-state index contributed by atoms with van der Waals surface area (Å²) in [6.45, 7) is 13.2. The number of carbonyl (C=O) groups excluding carboxylic acids is 1. The fourth-order valence-corrected chi connectivity index (χ4v) is 2.50. The number of benzene rings is 1. The van der Waals surface area contributed by atoms with Crippen LogP contribution in [0.2, 0.25) is 18.1 Å². The lowest BCUT2D eigenvalue weighted by atomic mass is 10.1. The van der Waals surface area contributed by atoms with E-state index in [9.17, 15) is 9.90 Å². The van der Waals surface area contributed by atoms with Gasteiger partial charge in [-0.25, -0.2) is 0 Å². The van der Waals surface area contributed by atoms with Crippen molar-refractivity contribution in [2.75, 3.05) is 0 Å². The molecule has 0 amide bonds. The lowest BCUT2D eigenvalue weighted by Crippen LogP contribution is -2.40. The van der Waals surface area contributed by atoms with Crippen LogP contribution in [0.1, 0.15) is 42.3 Å². The average molecular weight is 280 g/mol. The fraction of sp³-hybridized carbons (Fsp3) is 0.533. The zero-order valence-corrected chi connectivity index (χ0v) is 13.7. The zero-order valence-electron chi connectivity index (χ0n) is 12.7. The summed E-state index contributed by atoms with van der Waals surface area (Å²) in [7, 11) is -1.80. The number of phenols is 1. The molecule has 1 rings (SSSR count). The van der Waals surface area contributed by atoms with Gasteiger partial charge < -0.3 is 9.53 Å². The maximum absolute atomic E-state index is 10.9. The van der Waals surface area contributed by atoms with Crippen molar-refractivity contribution >= 4 is 14.6 Å². The highest BCUT2D eigenvalue weighted by molar-refractivity contribution is 6.74. The smallest absolute Gasteiger partial charge is 0.192 e. The Labute approximate surface area is 116 Å². The van der Waals surface area contributed by atoms with Crippen molar-refractivity contribution in [2.45, 2.75) is 52.4 Å².